The highest BCUT2D eigenvalue weighted by Crippen LogP contribution is 2.23. The number of aliphatic hydroxyl groups excluding tert-OH is 1. The van der Waals surface area contributed by atoms with Gasteiger partial charge in [0.1, 0.15) is 0 Å². The van der Waals surface area contributed by atoms with E-state index in [2.05, 4.69) is 0 Å². The van der Waals surface area contributed by atoms with E-state index in [9.17, 15) is 4.79 Å². The maximum Gasteiger partial charge on any atom is 0.337 e. The molecule has 4 heteroatoms. The van der Waals surface area contributed by atoms with Gasteiger partial charge in [0.15, 0.2) is 0 Å². The fraction of sp³-hybridized carbons (Fsp3) is 0.700. The zero-order valence-corrected chi connectivity index (χ0v) is 8.36. The Bertz CT molecular complexity index is 216. The highest BCUT2D eigenvalue weighted by Gasteiger charge is 2.24. The molecule has 1 heterocycles. The van der Waals surface area contributed by atoms with Gasteiger partial charge in [-0.2, -0.15) is 0 Å². The Morgan fingerprint density at radius 2 is 2.21 bits per heavy atom. The third-order valence-electron chi connectivity index (χ3n) is 2.31. The highest BCUT2D eigenvalue weighted by molar-refractivity contribution is 5.88. The van der Waals surface area contributed by atoms with Crippen LogP contribution in [0.25, 0.3) is 0 Å². The minimum absolute atomic E-state index is 0.0767. The summed E-state index contributed by atoms with van der Waals surface area (Å²) in [5.41, 5.74) is 0.371. The minimum atomic E-state index is -0.415. The van der Waals surface area contributed by atoms with Crippen molar-refractivity contribution in [2.24, 2.45) is 5.92 Å². The molecule has 1 fully saturated rings. The topological polar surface area (TPSA) is 55.8 Å². The van der Waals surface area contributed by atoms with Crippen LogP contribution in [0.5, 0.6) is 0 Å². The molecule has 14 heavy (non-hydrogen) atoms. The highest BCUT2D eigenvalue weighted by atomic mass is 16.5. The van der Waals surface area contributed by atoms with Crippen LogP contribution < -0.4 is 0 Å². The van der Waals surface area contributed by atoms with Crippen LogP contribution in [0.15, 0.2) is 11.8 Å². The van der Waals surface area contributed by atoms with E-state index >= 15 is 0 Å². The molecule has 0 aliphatic carbocycles. The number of carbonyl (C=O) groups is 1. The van der Waals surface area contributed by atoms with Crippen LogP contribution in [-0.2, 0) is 14.3 Å². The van der Waals surface area contributed by atoms with Crippen molar-refractivity contribution in [1.82, 2.24) is 0 Å². The molecule has 1 aliphatic rings. The molecule has 1 N–H and O–H groups in total. The maximum atomic E-state index is 11.4. The molecule has 4 nitrogen and oxygen atoms in total. The van der Waals surface area contributed by atoms with Crippen molar-refractivity contribution >= 4 is 5.97 Å². The van der Waals surface area contributed by atoms with Crippen LogP contribution in [0, 0.1) is 5.92 Å². The van der Waals surface area contributed by atoms with Crippen molar-refractivity contribution < 1.29 is 19.4 Å². The molecule has 0 aromatic heterocycles. The Morgan fingerprint density at radius 1 is 1.57 bits per heavy atom. The predicted molar refractivity (Wildman–Crippen MR) is 50.9 cm³/mol. The van der Waals surface area contributed by atoms with Gasteiger partial charge in [0.05, 0.1) is 18.4 Å². The van der Waals surface area contributed by atoms with Crippen LogP contribution in [0.3, 0.4) is 0 Å². The van der Waals surface area contributed by atoms with Gasteiger partial charge in [-0.1, -0.05) is 0 Å². The van der Waals surface area contributed by atoms with Gasteiger partial charge < -0.3 is 14.6 Å². The Kier molecular flexibility index (Phi) is 4.46. The Labute approximate surface area is 83.5 Å². The number of hydrogen-bond donors (Lipinski definition) is 1. The molecule has 1 saturated heterocycles. The lowest BCUT2D eigenvalue weighted by Crippen LogP contribution is -2.23. The van der Waals surface area contributed by atoms with E-state index in [1.165, 1.54) is 0 Å². The second kappa shape index (κ2) is 5.65. The molecule has 1 rings (SSSR count). The number of carbonyl (C=O) groups excluding carboxylic acids is 1. The molecule has 0 atom stereocenters. The van der Waals surface area contributed by atoms with Gasteiger partial charge in [-0.25, -0.2) is 4.79 Å². The monoisotopic (exact) mass is 200 g/mol. The fourth-order valence-electron chi connectivity index (χ4n) is 1.55. The van der Waals surface area contributed by atoms with E-state index in [0.717, 1.165) is 19.1 Å². The molecule has 0 amide bonds. The van der Waals surface area contributed by atoms with Crippen LogP contribution >= 0.6 is 0 Å². The Hall–Kier alpha value is -1.03. The summed E-state index contributed by atoms with van der Waals surface area (Å²) in [6, 6.07) is 0. The van der Waals surface area contributed by atoms with Crippen molar-refractivity contribution in [3.8, 4) is 0 Å². The standard InChI is InChI=1S/C10H16O4/c1-2-14-10(12)9(7-11)8-3-5-13-6-4-8/h7-8,11H,2-6H2,1H3/b9-7+. The van der Waals surface area contributed by atoms with Crippen molar-refractivity contribution in [3.05, 3.63) is 11.8 Å². The number of esters is 1. The van der Waals surface area contributed by atoms with Crippen molar-refractivity contribution in [2.45, 2.75) is 19.8 Å². The van der Waals surface area contributed by atoms with Gasteiger partial charge in [0.2, 0.25) is 0 Å². The maximum absolute atomic E-state index is 11.4. The first-order valence-electron chi connectivity index (χ1n) is 4.88. The van der Waals surface area contributed by atoms with Crippen LogP contribution in [0.2, 0.25) is 0 Å². The van der Waals surface area contributed by atoms with Gasteiger partial charge >= 0.3 is 5.97 Å². The predicted octanol–water partition coefficient (Wildman–Crippen LogP) is 1.42. The SMILES string of the molecule is CCOC(=O)/C(=C/O)C1CCOCC1. The average molecular weight is 200 g/mol. The average Bonchev–Trinajstić information content (AvgIpc) is 2.21. The molecule has 0 spiro atoms. The molecular formula is C10H16O4. The number of aliphatic hydroxyl groups is 1. The lowest BCUT2D eigenvalue weighted by molar-refractivity contribution is -0.139. The van der Waals surface area contributed by atoms with Crippen LogP contribution in [-0.4, -0.2) is 30.9 Å². The summed E-state index contributed by atoms with van der Waals surface area (Å²) in [6.07, 6.45) is 2.41. The summed E-state index contributed by atoms with van der Waals surface area (Å²) < 4.78 is 10.0. The Balaban J connectivity index is 2.56. The van der Waals surface area contributed by atoms with Crippen LogP contribution in [0.4, 0.5) is 0 Å². The summed E-state index contributed by atoms with van der Waals surface area (Å²) in [5, 5.41) is 8.97. The second-order valence-electron chi connectivity index (χ2n) is 3.19. The number of hydrogen-bond acceptors (Lipinski definition) is 4. The molecule has 0 bridgehead atoms. The van der Waals surface area contributed by atoms with E-state index in [0.29, 0.717) is 25.4 Å². The molecule has 0 unspecified atom stereocenters. The number of ether oxygens (including phenoxy) is 2. The summed E-state index contributed by atoms with van der Waals surface area (Å²) in [5.74, 6) is -0.338. The van der Waals surface area contributed by atoms with Crippen molar-refractivity contribution in [2.75, 3.05) is 19.8 Å². The fourth-order valence-corrected chi connectivity index (χ4v) is 1.55. The quantitative estimate of drug-likeness (QED) is 0.425. The number of rotatable bonds is 3. The molecule has 1 aliphatic heterocycles. The minimum Gasteiger partial charge on any atom is -0.515 e. The first-order valence-corrected chi connectivity index (χ1v) is 4.88. The molecular weight excluding hydrogens is 184 g/mol. The van der Waals surface area contributed by atoms with Crippen molar-refractivity contribution in [3.63, 3.8) is 0 Å². The van der Waals surface area contributed by atoms with Gasteiger partial charge in [0.25, 0.3) is 0 Å². The lowest BCUT2D eigenvalue weighted by atomic mass is 9.92. The first-order chi connectivity index (χ1) is 6.79. The molecule has 0 saturated carbocycles. The third-order valence-corrected chi connectivity index (χ3v) is 2.31. The van der Waals surface area contributed by atoms with Crippen molar-refractivity contribution in [1.29, 1.82) is 0 Å². The zero-order valence-electron chi connectivity index (χ0n) is 8.36. The third kappa shape index (κ3) is 2.73. The van der Waals surface area contributed by atoms with Gasteiger partial charge in [-0.05, 0) is 25.7 Å². The first kappa shape index (κ1) is 11.0. The second-order valence-corrected chi connectivity index (χ2v) is 3.19. The van der Waals surface area contributed by atoms with E-state index in [1.54, 1.807) is 6.92 Å². The van der Waals surface area contributed by atoms with E-state index in [-0.39, 0.29) is 5.92 Å². The van der Waals surface area contributed by atoms with Gasteiger partial charge in [0, 0.05) is 13.2 Å². The van der Waals surface area contributed by atoms with E-state index in [1.807, 2.05) is 0 Å². The van der Waals surface area contributed by atoms with E-state index < -0.39 is 5.97 Å². The summed E-state index contributed by atoms with van der Waals surface area (Å²) >= 11 is 0. The molecule has 0 radical (unpaired) electrons. The molecule has 0 aromatic carbocycles. The Morgan fingerprint density at radius 3 is 2.71 bits per heavy atom. The lowest BCUT2D eigenvalue weighted by Gasteiger charge is -2.22. The van der Waals surface area contributed by atoms with Gasteiger partial charge in [-0.15, -0.1) is 0 Å². The molecule has 80 valence electrons. The largest absolute Gasteiger partial charge is 0.515 e. The van der Waals surface area contributed by atoms with E-state index in [4.69, 9.17) is 14.6 Å². The normalized spacial score (nSPS) is 19.4. The van der Waals surface area contributed by atoms with Crippen LogP contribution in [0.1, 0.15) is 19.8 Å². The molecule has 0 aromatic rings. The van der Waals surface area contributed by atoms with Gasteiger partial charge in [-0.3, -0.25) is 0 Å². The summed E-state index contributed by atoms with van der Waals surface area (Å²) in [6.45, 7) is 3.36. The summed E-state index contributed by atoms with van der Waals surface area (Å²) in [4.78, 5) is 11.4. The zero-order chi connectivity index (χ0) is 10.4. The summed E-state index contributed by atoms with van der Waals surface area (Å²) in [7, 11) is 0. The smallest absolute Gasteiger partial charge is 0.337 e.